The van der Waals surface area contributed by atoms with E-state index in [2.05, 4.69) is 45.8 Å². The lowest BCUT2D eigenvalue weighted by molar-refractivity contribution is 1.05. The molecule has 0 saturated heterocycles. The highest BCUT2D eigenvalue weighted by Crippen LogP contribution is 2.21. The zero-order valence-electron chi connectivity index (χ0n) is 31.6. The molecule has 0 spiro atoms. The summed E-state index contributed by atoms with van der Waals surface area (Å²) in [5.74, 6) is -0.771. The van der Waals surface area contributed by atoms with Crippen molar-refractivity contribution >= 4 is 62.3 Å². The first-order chi connectivity index (χ1) is 23.1. The minimum atomic E-state index is -0.609. The largest absolute Gasteiger partial charge is 0.227 e. The monoisotopic (exact) mass is 621 g/mol. The lowest BCUT2D eigenvalue weighted by atomic mass is 10.2. The number of aromatic nitrogens is 6. The summed E-state index contributed by atoms with van der Waals surface area (Å²) in [6.45, 7) is 0. The minimum Gasteiger partial charge on any atom is -0.208 e. The van der Waals surface area contributed by atoms with Gasteiger partial charge in [0.2, 0.25) is 21.1 Å². The molecule has 0 radical (unpaired) electrons. The SMILES string of the molecule is Clc1nc(Cl)nc(Cl)n1.[2H]c1c([2H])c([2H])c(-c2nc(Cl)nc(-c3c([2H])c([2H])c([2H])c([2H])c3[2H])n2)c([2H])c1[2H].[2H]c1c([2H])c([2H])c(Br)c([2H])c1[2H]. The number of hydrogen-bond acceptors (Lipinski definition) is 6. The Morgan fingerprint density at radius 1 is 0.457 bits per heavy atom. The van der Waals surface area contributed by atoms with Crippen molar-refractivity contribution < 1.29 is 20.6 Å². The number of hydrogen-bond donors (Lipinski definition) is 0. The van der Waals surface area contributed by atoms with Gasteiger partial charge in [-0.2, -0.15) is 24.9 Å². The maximum atomic E-state index is 8.02. The van der Waals surface area contributed by atoms with E-state index in [4.69, 9.17) is 67.0 Å². The van der Waals surface area contributed by atoms with Gasteiger partial charge in [0.15, 0.2) is 11.6 Å². The Hall–Kier alpha value is -2.68. The van der Waals surface area contributed by atoms with Crippen molar-refractivity contribution in [3.8, 4) is 22.8 Å². The van der Waals surface area contributed by atoms with Crippen LogP contribution in [0, 0.1) is 0 Å². The topological polar surface area (TPSA) is 77.3 Å². The highest BCUT2D eigenvalue weighted by Gasteiger charge is 2.08. The summed E-state index contributed by atoms with van der Waals surface area (Å²) >= 11 is 24.8. The first-order valence-corrected chi connectivity index (χ1v) is 10.9. The molecule has 0 saturated carbocycles. The van der Waals surface area contributed by atoms with Gasteiger partial charge in [0, 0.05) is 15.6 Å². The van der Waals surface area contributed by atoms with Gasteiger partial charge in [0.25, 0.3) is 0 Å². The summed E-state index contributed by atoms with van der Waals surface area (Å²) in [4.78, 5) is 22.0. The summed E-state index contributed by atoms with van der Waals surface area (Å²) in [5.41, 5.74) is -0.706. The van der Waals surface area contributed by atoms with Crippen LogP contribution in [-0.4, -0.2) is 29.9 Å². The molecule has 2 heterocycles. The summed E-state index contributed by atoms with van der Waals surface area (Å²) in [5, 5.41) is -0.441. The summed E-state index contributed by atoms with van der Waals surface area (Å²) in [7, 11) is 0. The van der Waals surface area contributed by atoms with E-state index in [1.165, 1.54) is 0 Å². The van der Waals surface area contributed by atoms with Crippen LogP contribution in [0.25, 0.3) is 22.8 Å². The van der Waals surface area contributed by atoms with Crippen LogP contribution in [0.5, 0.6) is 0 Å². The smallest absolute Gasteiger partial charge is 0.208 e. The fourth-order valence-electron chi connectivity index (χ4n) is 1.84. The molecular weight excluding hydrogens is 594 g/mol. The molecule has 0 bridgehead atoms. The molecule has 3 aromatic carbocycles. The number of rotatable bonds is 2. The molecule has 0 fully saturated rings. The third-order valence-corrected chi connectivity index (χ3v) is 4.15. The molecule has 0 N–H and O–H groups in total. The second-order valence-corrected chi connectivity index (χ2v) is 7.48. The average molecular weight is 624 g/mol. The van der Waals surface area contributed by atoms with Crippen LogP contribution in [0.3, 0.4) is 0 Å². The fourth-order valence-corrected chi connectivity index (χ4v) is 2.80. The van der Waals surface area contributed by atoms with Crippen LogP contribution in [0.2, 0.25) is 21.1 Å². The van der Waals surface area contributed by atoms with Gasteiger partial charge >= 0.3 is 0 Å². The summed E-state index contributed by atoms with van der Waals surface area (Å²) in [6.07, 6.45) is 0. The van der Waals surface area contributed by atoms with Gasteiger partial charge in [0.05, 0.1) is 20.6 Å². The van der Waals surface area contributed by atoms with Crippen LogP contribution in [0.4, 0.5) is 0 Å². The Balaban J connectivity index is 0.000000261. The van der Waals surface area contributed by atoms with E-state index >= 15 is 0 Å². The molecule has 2 aromatic heterocycles. The van der Waals surface area contributed by atoms with Gasteiger partial charge in [-0.05, 0) is 58.5 Å². The molecule has 5 aromatic rings. The standard InChI is InChI=1S/C15H10ClN3.C6H5Br.C3Cl3N3/c16-15-18-13(11-7-3-1-4-8-11)17-14(19-15)12-9-5-2-6-10-12;7-6-4-2-1-3-5-6;4-1-7-2(5)9-3(6)8-1/h1-10H;1-5H;/i1D,2D,3D,4D,5D,6D,7D,8D,9D,10D;1D,2D,3D,4D,5D;. The van der Waals surface area contributed by atoms with Crippen molar-refractivity contribution in [1.29, 1.82) is 0 Å². The zero-order valence-corrected chi connectivity index (χ0v) is 21.2. The summed E-state index contributed by atoms with van der Waals surface area (Å²) < 4.78 is 115. The molecule has 5 rings (SSSR count). The van der Waals surface area contributed by atoms with Gasteiger partial charge < -0.3 is 0 Å². The van der Waals surface area contributed by atoms with E-state index < -0.39 is 65.7 Å². The average Bonchev–Trinajstić information content (AvgIpc) is 3.05. The lowest BCUT2D eigenvalue weighted by Crippen LogP contribution is -1.96. The predicted molar refractivity (Wildman–Crippen MR) is 145 cm³/mol. The van der Waals surface area contributed by atoms with Gasteiger partial charge in [0.1, 0.15) is 0 Å². The molecule has 0 amide bonds. The second-order valence-electron chi connectivity index (χ2n) is 5.33. The Morgan fingerprint density at radius 2 is 0.771 bits per heavy atom. The molecule has 6 nitrogen and oxygen atoms in total. The van der Waals surface area contributed by atoms with Crippen LogP contribution in [0.1, 0.15) is 20.6 Å². The van der Waals surface area contributed by atoms with Crippen molar-refractivity contribution in [2.75, 3.05) is 0 Å². The lowest BCUT2D eigenvalue weighted by Gasteiger charge is -2.04. The van der Waals surface area contributed by atoms with Crippen molar-refractivity contribution in [2.24, 2.45) is 0 Å². The molecular formula is C24H15BrCl4N6. The fraction of sp³-hybridized carbons (Fsp3) is 0. The summed E-state index contributed by atoms with van der Waals surface area (Å²) in [6, 6.07) is -7.37. The minimum absolute atomic E-state index is 0.000000000000000444. The maximum absolute atomic E-state index is 8.02. The number of nitrogens with zero attached hydrogens (tertiary/aromatic N) is 6. The molecule has 0 atom stereocenters. The van der Waals surface area contributed by atoms with Crippen molar-refractivity contribution in [2.45, 2.75) is 0 Å². The Kier molecular flexibility index (Phi) is 5.22. The molecule has 0 aliphatic heterocycles. The third kappa shape index (κ3) is 9.47. The van der Waals surface area contributed by atoms with E-state index in [1.54, 1.807) is 0 Å². The molecule has 35 heavy (non-hydrogen) atoms. The first kappa shape index (κ1) is 13.0. The molecule has 176 valence electrons. The molecule has 0 unspecified atom stereocenters. The van der Waals surface area contributed by atoms with E-state index in [9.17, 15) is 0 Å². The van der Waals surface area contributed by atoms with Crippen LogP contribution < -0.4 is 0 Å². The van der Waals surface area contributed by atoms with Crippen LogP contribution in [-0.2, 0) is 0 Å². The molecule has 0 aliphatic carbocycles. The molecule has 11 heteroatoms. The third-order valence-electron chi connectivity index (χ3n) is 3.08. The maximum Gasteiger partial charge on any atom is 0.227 e. The highest BCUT2D eigenvalue weighted by atomic mass is 79.9. The number of benzene rings is 3. The Bertz CT molecular complexity index is 1860. The van der Waals surface area contributed by atoms with E-state index in [0.29, 0.717) is 0 Å². The van der Waals surface area contributed by atoms with Crippen molar-refractivity contribution in [3.63, 3.8) is 0 Å². The normalized spacial score (nSPS) is 15.9. The first-order valence-electron chi connectivity index (χ1n) is 16.1. The van der Waals surface area contributed by atoms with Gasteiger partial charge in [-0.1, -0.05) is 94.5 Å². The zero-order chi connectivity index (χ0) is 38.1. The predicted octanol–water partition coefficient (Wildman–Crippen LogP) is 8.14. The van der Waals surface area contributed by atoms with E-state index in [0.717, 1.165) is 0 Å². The Morgan fingerprint density at radius 3 is 1.14 bits per heavy atom. The van der Waals surface area contributed by atoms with E-state index in [1.807, 2.05) is 0 Å². The molecule has 0 aliphatic rings. The quantitative estimate of drug-likeness (QED) is 0.198. The van der Waals surface area contributed by atoms with Gasteiger partial charge in [-0.3, -0.25) is 0 Å². The van der Waals surface area contributed by atoms with Crippen molar-refractivity contribution in [1.82, 2.24) is 29.9 Å². The van der Waals surface area contributed by atoms with Crippen LogP contribution in [0.15, 0.2) is 95.1 Å². The number of halogens is 5. The van der Waals surface area contributed by atoms with Crippen LogP contribution >= 0.6 is 62.3 Å². The highest BCUT2D eigenvalue weighted by molar-refractivity contribution is 9.10. The van der Waals surface area contributed by atoms with Gasteiger partial charge in [-0.15, -0.1) is 0 Å². The van der Waals surface area contributed by atoms with E-state index in [-0.39, 0.29) is 73.3 Å². The second kappa shape index (κ2) is 14.0. The van der Waals surface area contributed by atoms with Crippen molar-refractivity contribution in [3.05, 3.63) is 116 Å². The Labute approximate surface area is 251 Å². The van der Waals surface area contributed by atoms with Gasteiger partial charge in [-0.25, -0.2) is 4.98 Å².